The first-order chi connectivity index (χ1) is 23.3. The molecule has 0 unspecified atom stereocenters. The van der Waals surface area contributed by atoms with Gasteiger partial charge in [0.25, 0.3) is 0 Å². The van der Waals surface area contributed by atoms with Gasteiger partial charge >= 0.3 is 0 Å². The number of likely N-dealkylation sites (tertiary alicyclic amines) is 1. The van der Waals surface area contributed by atoms with Gasteiger partial charge in [-0.3, -0.25) is 9.69 Å². The number of alkyl halides is 1. The topological polar surface area (TPSA) is 184 Å². The fourth-order valence-electron chi connectivity index (χ4n) is 6.37. The van der Waals surface area contributed by atoms with Crippen LogP contribution in [0.3, 0.4) is 0 Å². The first kappa shape index (κ1) is 39.0. The van der Waals surface area contributed by atoms with Gasteiger partial charge in [0, 0.05) is 18.2 Å². The fraction of sp³-hybridized carbons (Fsp3) is 0.645. The molecule has 1 aromatic carbocycles. The molecule has 5 rings (SSSR count). The van der Waals surface area contributed by atoms with Gasteiger partial charge in [-0.15, -0.1) is 23.4 Å². The lowest BCUT2D eigenvalue weighted by atomic mass is 9.92. The number of amides is 1. The maximum Gasteiger partial charge on any atom is 0.237 e. The molecule has 5 N–H and O–H groups in total. The Balaban J connectivity index is 0.000000225. The summed E-state index contributed by atoms with van der Waals surface area (Å²) in [5, 5.41) is 51.8. The summed E-state index contributed by atoms with van der Waals surface area (Å²) in [6.45, 7) is 4.59. The van der Waals surface area contributed by atoms with Crippen LogP contribution in [-0.2, 0) is 28.2 Å². The van der Waals surface area contributed by atoms with Crippen LogP contribution in [0.2, 0.25) is 0 Å². The number of hydrogen-bond acceptors (Lipinski definition) is 12. The maximum absolute atomic E-state index is 14.1. The first-order valence-corrected chi connectivity index (χ1v) is 17.7. The van der Waals surface area contributed by atoms with Gasteiger partial charge in [-0.2, -0.15) is 10.2 Å². The monoisotopic (exact) mass is 730 g/mol. The summed E-state index contributed by atoms with van der Waals surface area (Å²) < 4.78 is 35.7. The number of halogens is 3. The number of thioether (sulfide) groups is 1. The minimum absolute atomic E-state index is 0.0556. The average molecular weight is 731 g/mol. The Hall–Kier alpha value is -2.77. The third kappa shape index (κ3) is 9.72. The van der Waals surface area contributed by atoms with Crippen LogP contribution in [0.1, 0.15) is 38.7 Å². The number of ether oxygens (including phenoxy) is 1. The number of nitrogens with one attached hydrogen (secondary N) is 1. The molecular formula is C31H45ClF2N8O6S. The van der Waals surface area contributed by atoms with Crippen molar-refractivity contribution < 1.29 is 38.7 Å². The van der Waals surface area contributed by atoms with Crippen molar-refractivity contribution in [1.82, 2.24) is 39.7 Å². The average Bonchev–Trinajstić information content (AvgIpc) is 3.83. The van der Waals surface area contributed by atoms with E-state index in [1.54, 1.807) is 13.2 Å². The Kier molecular flexibility index (Phi) is 13.9. The lowest BCUT2D eigenvalue weighted by Crippen LogP contribution is -2.65. The molecule has 2 aromatic heterocycles. The van der Waals surface area contributed by atoms with Crippen molar-refractivity contribution in [3.8, 4) is 0 Å². The van der Waals surface area contributed by atoms with Crippen molar-refractivity contribution in [2.75, 3.05) is 19.8 Å². The number of aliphatic hydroxyl groups excluding tert-OH is 3. The highest BCUT2D eigenvalue weighted by Crippen LogP contribution is 2.32. The SMILES string of the molecule is CCC[C@@H]1C[C@@H](C(=O)N[C@@H]([C@H]2O[C@H](SC)[C@H](O)[C@@H](O)[C@H]2O)[C@H](C)Cl)N(C)C1.OC(Cn1cncn1)(Cn1cncn1)c1ccc(F)cc1F. The number of rotatable bonds is 12. The minimum atomic E-state index is -1.70. The number of benzene rings is 1. The van der Waals surface area contributed by atoms with E-state index in [4.69, 9.17) is 16.3 Å². The molecule has 9 atom stereocenters. The molecule has 2 saturated heterocycles. The van der Waals surface area contributed by atoms with Crippen molar-refractivity contribution in [2.45, 2.75) is 99.1 Å². The number of nitrogens with zero attached hydrogens (tertiary/aromatic N) is 7. The van der Waals surface area contributed by atoms with Crippen LogP contribution in [0, 0.1) is 17.6 Å². The summed E-state index contributed by atoms with van der Waals surface area (Å²) >= 11 is 7.55. The summed E-state index contributed by atoms with van der Waals surface area (Å²) in [7, 11) is 1.94. The highest BCUT2D eigenvalue weighted by Gasteiger charge is 2.48. The molecule has 0 radical (unpaired) electrons. The second-order valence-electron chi connectivity index (χ2n) is 12.6. The number of aromatic nitrogens is 6. The molecule has 0 aliphatic carbocycles. The second kappa shape index (κ2) is 17.4. The lowest BCUT2D eigenvalue weighted by molar-refractivity contribution is -0.205. The molecule has 14 nitrogen and oxygen atoms in total. The quantitative estimate of drug-likeness (QED) is 0.168. The van der Waals surface area contributed by atoms with E-state index in [9.17, 15) is 34.0 Å². The lowest BCUT2D eigenvalue weighted by Gasteiger charge is -2.44. The van der Waals surface area contributed by atoms with E-state index in [2.05, 4.69) is 32.4 Å². The third-order valence-electron chi connectivity index (χ3n) is 8.84. The smallest absolute Gasteiger partial charge is 0.237 e. The normalized spacial score (nSPS) is 27.3. The van der Waals surface area contributed by atoms with Crippen LogP contribution in [0.25, 0.3) is 0 Å². The Labute approximate surface area is 292 Å². The fourth-order valence-corrected chi connectivity index (χ4v) is 7.25. The van der Waals surface area contributed by atoms with Crippen molar-refractivity contribution in [3.63, 3.8) is 0 Å². The summed E-state index contributed by atoms with van der Waals surface area (Å²) in [6.07, 6.45) is 5.30. The zero-order valence-electron chi connectivity index (χ0n) is 27.8. The van der Waals surface area contributed by atoms with Gasteiger partial charge in [0.2, 0.25) is 5.91 Å². The number of carbonyl (C=O) groups is 1. The van der Waals surface area contributed by atoms with Crippen LogP contribution in [0.5, 0.6) is 0 Å². The van der Waals surface area contributed by atoms with E-state index in [0.29, 0.717) is 5.92 Å². The van der Waals surface area contributed by atoms with E-state index in [1.165, 1.54) is 52.5 Å². The maximum atomic E-state index is 14.1. The van der Waals surface area contributed by atoms with E-state index in [1.807, 2.05) is 11.9 Å². The van der Waals surface area contributed by atoms with Crippen molar-refractivity contribution in [2.24, 2.45) is 5.92 Å². The van der Waals surface area contributed by atoms with Gasteiger partial charge in [-0.1, -0.05) is 19.4 Å². The molecule has 2 fully saturated rings. The number of aliphatic hydroxyl groups is 4. The molecule has 3 aromatic rings. The Morgan fingerprint density at radius 3 is 2.27 bits per heavy atom. The van der Waals surface area contributed by atoms with Crippen LogP contribution < -0.4 is 5.32 Å². The largest absolute Gasteiger partial charge is 0.388 e. The van der Waals surface area contributed by atoms with Crippen LogP contribution in [0.15, 0.2) is 43.5 Å². The summed E-state index contributed by atoms with van der Waals surface area (Å²) in [5.74, 6) is -1.21. The minimum Gasteiger partial charge on any atom is -0.388 e. The van der Waals surface area contributed by atoms with Crippen molar-refractivity contribution in [1.29, 1.82) is 0 Å². The number of hydrogen-bond donors (Lipinski definition) is 5. The molecule has 4 heterocycles. The van der Waals surface area contributed by atoms with Crippen molar-refractivity contribution >= 4 is 29.3 Å². The van der Waals surface area contributed by atoms with Gasteiger partial charge in [-0.25, -0.2) is 28.1 Å². The third-order valence-corrected chi connectivity index (χ3v) is 9.97. The van der Waals surface area contributed by atoms with Gasteiger partial charge in [-0.05, 0) is 45.1 Å². The highest BCUT2D eigenvalue weighted by atomic mass is 35.5. The predicted octanol–water partition coefficient (Wildman–Crippen LogP) is 1.13. The van der Waals surface area contributed by atoms with E-state index >= 15 is 0 Å². The highest BCUT2D eigenvalue weighted by molar-refractivity contribution is 7.99. The van der Waals surface area contributed by atoms with Crippen LogP contribution in [-0.4, -0.2) is 128 Å². The Morgan fingerprint density at radius 2 is 1.76 bits per heavy atom. The van der Waals surface area contributed by atoms with Gasteiger partial charge < -0.3 is 30.5 Å². The molecule has 0 saturated carbocycles. The number of carbonyl (C=O) groups excluding carboxylic acids is 1. The molecule has 2 aliphatic heterocycles. The summed E-state index contributed by atoms with van der Waals surface area (Å²) in [5.41, 5.74) is -2.45. The second-order valence-corrected chi connectivity index (χ2v) is 14.2. The molecule has 49 heavy (non-hydrogen) atoms. The molecule has 1 amide bonds. The van der Waals surface area contributed by atoms with Crippen molar-refractivity contribution in [3.05, 3.63) is 60.7 Å². The Morgan fingerprint density at radius 1 is 1.12 bits per heavy atom. The summed E-state index contributed by atoms with van der Waals surface area (Å²) in [4.78, 5) is 22.5. The Bertz CT molecular complexity index is 1420. The number of likely N-dealkylation sites (N-methyl/N-ethyl adjacent to an activating group) is 1. The molecule has 2 aliphatic rings. The predicted molar refractivity (Wildman–Crippen MR) is 177 cm³/mol. The molecule has 0 spiro atoms. The van der Waals surface area contributed by atoms with Gasteiger partial charge in [0.1, 0.15) is 72.4 Å². The summed E-state index contributed by atoms with van der Waals surface area (Å²) in [6, 6.07) is 2.09. The van der Waals surface area contributed by atoms with E-state index < -0.39 is 58.5 Å². The zero-order chi connectivity index (χ0) is 35.9. The molecular weight excluding hydrogens is 686 g/mol. The van der Waals surface area contributed by atoms with Gasteiger partial charge in [0.05, 0.1) is 30.6 Å². The zero-order valence-corrected chi connectivity index (χ0v) is 29.3. The molecule has 18 heteroatoms. The van der Waals surface area contributed by atoms with E-state index in [-0.39, 0.29) is 30.6 Å². The molecule has 0 bridgehead atoms. The van der Waals surface area contributed by atoms with E-state index in [0.717, 1.165) is 37.9 Å². The molecule has 272 valence electrons. The first-order valence-electron chi connectivity index (χ1n) is 16.0. The van der Waals surface area contributed by atoms with Gasteiger partial charge in [0.15, 0.2) is 0 Å². The standard InChI is InChI=1S/C18H33ClN2O5S.C13H12F2N6O/c1-5-6-10-7-11(21(3)8-10)17(25)20-12(9(2)19)16-14(23)13(22)15(24)18(26-16)27-4;14-10-1-2-11(12(15)3-10)13(22,4-20-8-16-6-18-20)5-21-9-17-7-19-21/h9-16,18,22-24H,5-8H2,1-4H3,(H,20,25);1-3,6-9,22H,4-5H2/t9-,10+,11-,12+,13-,14+,15+,16+,18+;/m0./s1. The van der Waals surface area contributed by atoms with Crippen LogP contribution in [0.4, 0.5) is 8.78 Å². The van der Waals surface area contributed by atoms with Crippen LogP contribution >= 0.6 is 23.4 Å².